The van der Waals surface area contributed by atoms with Gasteiger partial charge in [0.25, 0.3) is 5.91 Å². The molecule has 1 amide bonds. The van der Waals surface area contributed by atoms with Gasteiger partial charge in [-0.2, -0.15) is 0 Å². The third-order valence-corrected chi connectivity index (χ3v) is 2.83. The van der Waals surface area contributed by atoms with Crippen LogP contribution in [-0.2, 0) is 0 Å². The second-order valence-electron chi connectivity index (χ2n) is 4.37. The number of anilines is 1. The van der Waals surface area contributed by atoms with Crippen LogP contribution < -0.4 is 5.32 Å². The Kier molecular flexibility index (Phi) is 3.60. The number of nitrogens with one attached hydrogen (secondary N) is 1. The zero-order valence-electron chi connectivity index (χ0n) is 10.6. The lowest BCUT2D eigenvalue weighted by atomic mass is 10.1. The monoisotopic (exact) mass is 261 g/mol. The highest BCUT2D eigenvalue weighted by molar-refractivity contribution is 6.05. The molecular weight excluding hydrogens is 248 g/mol. The van der Waals surface area contributed by atoms with Gasteiger partial charge in [-0.25, -0.2) is 8.78 Å². The standard InChI is InChI=1S/C15H13F2NO/c1-9-6-7-10(2)13(8-9)18-15(19)14-11(16)4-3-5-12(14)17/h3-8H,1-2H3,(H,18,19). The van der Waals surface area contributed by atoms with E-state index in [0.29, 0.717) is 5.69 Å². The first kappa shape index (κ1) is 13.2. The molecule has 1 N–H and O–H groups in total. The molecule has 0 aliphatic heterocycles. The van der Waals surface area contributed by atoms with E-state index in [1.54, 1.807) is 6.07 Å². The molecule has 0 spiro atoms. The molecule has 0 fully saturated rings. The van der Waals surface area contributed by atoms with Crippen LogP contribution in [0.2, 0.25) is 0 Å². The molecule has 0 radical (unpaired) electrons. The van der Waals surface area contributed by atoms with Gasteiger partial charge < -0.3 is 5.32 Å². The summed E-state index contributed by atoms with van der Waals surface area (Å²) in [7, 11) is 0. The molecule has 2 nitrogen and oxygen atoms in total. The number of carbonyl (C=O) groups is 1. The van der Waals surface area contributed by atoms with Gasteiger partial charge in [-0.15, -0.1) is 0 Å². The number of halogens is 2. The van der Waals surface area contributed by atoms with Gasteiger partial charge in [0.15, 0.2) is 0 Å². The number of hydrogen-bond acceptors (Lipinski definition) is 1. The van der Waals surface area contributed by atoms with E-state index in [2.05, 4.69) is 5.32 Å². The summed E-state index contributed by atoms with van der Waals surface area (Å²) < 4.78 is 27.0. The Hall–Kier alpha value is -2.23. The zero-order chi connectivity index (χ0) is 14.0. The highest BCUT2D eigenvalue weighted by Gasteiger charge is 2.17. The van der Waals surface area contributed by atoms with Crippen LogP contribution in [0.4, 0.5) is 14.5 Å². The summed E-state index contributed by atoms with van der Waals surface area (Å²) in [4.78, 5) is 11.9. The minimum absolute atomic E-state index is 0.549. The van der Waals surface area contributed by atoms with Gasteiger partial charge in [0.05, 0.1) is 0 Å². The summed E-state index contributed by atoms with van der Waals surface area (Å²) in [5.41, 5.74) is 1.77. The van der Waals surface area contributed by atoms with Crippen molar-refractivity contribution in [1.82, 2.24) is 0 Å². The molecule has 0 saturated carbocycles. The molecule has 98 valence electrons. The van der Waals surface area contributed by atoms with E-state index in [4.69, 9.17) is 0 Å². The van der Waals surface area contributed by atoms with E-state index in [1.165, 1.54) is 6.07 Å². The number of benzene rings is 2. The fraction of sp³-hybridized carbons (Fsp3) is 0.133. The minimum Gasteiger partial charge on any atom is -0.322 e. The van der Waals surface area contributed by atoms with Crippen molar-refractivity contribution in [1.29, 1.82) is 0 Å². The van der Waals surface area contributed by atoms with Crippen molar-refractivity contribution in [3.63, 3.8) is 0 Å². The average molecular weight is 261 g/mol. The zero-order valence-corrected chi connectivity index (χ0v) is 10.6. The SMILES string of the molecule is Cc1ccc(C)c(NC(=O)c2c(F)cccc2F)c1. The molecule has 0 aromatic heterocycles. The number of hydrogen-bond donors (Lipinski definition) is 1. The fourth-order valence-electron chi connectivity index (χ4n) is 1.77. The van der Waals surface area contributed by atoms with Crippen LogP contribution in [0.5, 0.6) is 0 Å². The Morgan fingerprint density at radius 2 is 1.68 bits per heavy atom. The van der Waals surface area contributed by atoms with Gasteiger partial charge in [0.1, 0.15) is 17.2 Å². The second-order valence-corrected chi connectivity index (χ2v) is 4.37. The minimum atomic E-state index is -0.872. The second kappa shape index (κ2) is 5.18. The van der Waals surface area contributed by atoms with Gasteiger partial charge in [-0.05, 0) is 43.2 Å². The summed E-state index contributed by atoms with van der Waals surface area (Å²) in [6, 6.07) is 8.82. The third-order valence-electron chi connectivity index (χ3n) is 2.83. The Morgan fingerprint density at radius 1 is 1.05 bits per heavy atom. The molecule has 0 bridgehead atoms. The molecule has 0 heterocycles. The lowest BCUT2D eigenvalue weighted by molar-refractivity contribution is 0.101. The molecule has 2 aromatic rings. The molecule has 0 saturated heterocycles. The van der Waals surface area contributed by atoms with Gasteiger partial charge in [-0.3, -0.25) is 4.79 Å². The van der Waals surface area contributed by atoms with Crippen molar-refractivity contribution in [2.24, 2.45) is 0 Å². The summed E-state index contributed by atoms with van der Waals surface area (Å²) in [5.74, 6) is -2.53. The maximum absolute atomic E-state index is 13.5. The lowest BCUT2D eigenvalue weighted by Gasteiger charge is -2.10. The molecule has 2 rings (SSSR count). The molecule has 0 unspecified atom stereocenters. The van der Waals surface area contributed by atoms with Crippen LogP contribution in [-0.4, -0.2) is 5.91 Å². The molecule has 19 heavy (non-hydrogen) atoms. The van der Waals surface area contributed by atoms with Crippen molar-refractivity contribution in [3.8, 4) is 0 Å². The first-order valence-corrected chi connectivity index (χ1v) is 5.81. The Labute approximate surface area is 110 Å². The van der Waals surface area contributed by atoms with E-state index in [9.17, 15) is 13.6 Å². The number of aryl methyl sites for hydroxylation is 2. The maximum atomic E-state index is 13.5. The van der Waals surface area contributed by atoms with Crippen LogP contribution in [0.15, 0.2) is 36.4 Å². The van der Waals surface area contributed by atoms with Crippen molar-refractivity contribution >= 4 is 11.6 Å². The van der Waals surface area contributed by atoms with Gasteiger partial charge in [0, 0.05) is 5.69 Å². The molecule has 4 heteroatoms. The largest absolute Gasteiger partial charge is 0.322 e. The number of rotatable bonds is 2. The van der Waals surface area contributed by atoms with Gasteiger partial charge in [0.2, 0.25) is 0 Å². The Morgan fingerprint density at radius 3 is 2.32 bits per heavy atom. The van der Waals surface area contributed by atoms with Crippen molar-refractivity contribution < 1.29 is 13.6 Å². The Balaban J connectivity index is 2.34. The summed E-state index contributed by atoms with van der Waals surface area (Å²) >= 11 is 0. The van der Waals surface area contributed by atoms with Crippen LogP contribution in [0, 0.1) is 25.5 Å². The molecule has 0 aliphatic carbocycles. The predicted octanol–water partition coefficient (Wildman–Crippen LogP) is 3.83. The normalized spacial score (nSPS) is 10.3. The molecule has 0 atom stereocenters. The van der Waals surface area contributed by atoms with E-state index in [0.717, 1.165) is 23.3 Å². The first-order chi connectivity index (χ1) is 8.99. The van der Waals surface area contributed by atoms with Crippen molar-refractivity contribution in [3.05, 3.63) is 64.7 Å². The quantitative estimate of drug-likeness (QED) is 0.874. The van der Waals surface area contributed by atoms with Crippen LogP contribution in [0.25, 0.3) is 0 Å². The molecular formula is C15H13F2NO. The highest BCUT2D eigenvalue weighted by Crippen LogP contribution is 2.19. The van der Waals surface area contributed by atoms with Crippen molar-refractivity contribution in [2.75, 3.05) is 5.32 Å². The third kappa shape index (κ3) is 2.78. The van der Waals surface area contributed by atoms with E-state index < -0.39 is 23.1 Å². The smallest absolute Gasteiger partial charge is 0.261 e. The lowest BCUT2D eigenvalue weighted by Crippen LogP contribution is -2.16. The number of carbonyl (C=O) groups excluding carboxylic acids is 1. The summed E-state index contributed by atoms with van der Waals surface area (Å²) in [5, 5.41) is 2.53. The van der Waals surface area contributed by atoms with Gasteiger partial charge >= 0.3 is 0 Å². The van der Waals surface area contributed by atoms with E-state index in [-0.39, 0.29) is 0 Å². The maximum Gasteiger partial charge on any atom is 0.261 e. The topological polar surface area (TPSA) is 29.1 Å². The summed E-state index contributed by atoms with van der Waals surface area (Å²) in [6.07, 6.45) is 0. The van der Waals surface area contributed by atoms with Crippen LogP contribution >= 0.6 is 0 Å². The average Bonchev–Trinajstić information content (AvgIpc) is 2.33. The van der Waals surface area contributed by atoms with Crippen molar-refractivity contribution in [2.45, 2.75) is 13.8 Å². The number of amides is 1. The van der Waals surface area contributed by atoms with E-state index in [1.807, 2.05) is 26.0 Å². The molecule has 0 aliphatic rings. The van der Waals surface area contributed by atoms with Gasteiger partial charge in [-0.1, -0.05) is 18.2 Å². The summed E-state index contributed by atoms with van der Waals surface area (Å²) in [6.45, 7) is 3.69. The van der Waals surface area contributed by atoms with Crippen LogP contribution in [0.3, 0.4) is 0 Å². The highest BCUT2D eigenvalue weighted by atomic mass is 19.1. The van der Waals surface area contributed by atoms with Crippen LogP contribution in [0.1, 0.15) is 21.5 Å². The van der Waals surface area contributed by atoms with E-state index >= 15 is 0 Å². The predicted molar refractivity (Wildman–Crippen MR) is 70.2 cm³/mol. The Bertz CT molecular complexity index is 618. The fourth-order valence-corrected chi connectivity index (χ4v) is 1.77. The first-order valence-electron chi connectivity index (χ1n) is 5.81. The molecule has 2 aromatic carbocycles.